The number of fused-ring (bicyclic) bond motifs is 2. The topological polar surface area (TPSA) is 79.1 Å². The van der Waals surface area contributed by atoms with Crippen LogP contribution in [0.4, 0.5) is 4.79 Å². The van der Waals surface area contributed by atoms with Gasteiger partial charge in [-0.15, -0.1) is 0 Å². The fourth-order valence-electron chi connectivity index (χ4n) is 6.84. The van der Waals surface area contributed by atoms with Gasteiger partial charge in [0.05, 0.1) is 36.6 Å². The lowest BCUT2D eigenvalue weighted by atomic mass is 9.89. The van der Waals surface area contributed by atoms with E-state index in [0.29, 0.717) is 36.3 Å². The molecule has 0 aromatic carbocycles. The summed E-state index contributed by atoms with van der Waals surface area (Å²) in [5, 5.41) is 0. The van der Waals surface area contributed by atoms with Crippen LogP contribution in [0.25, 0.3) is 0 Å². The zero-order valence-corrected chi connectivity index (χ0v) is 20.4. The van der Waals surface area contributed by atoms with Gasteiger partial charge in [0.15, 0.2) is 0 Å². The number of carbonyl (C=O) groups excluding carboxylic acids is 1. The van der Waals surface area contributed by atoms with E-state index in [1.807, 2.05) is 0 Å². The second kappa shape index (κ2) is 10.6. The third-order valence-electron chi connectivity index (χ3n) is 9.04. The molecule has 10 atom stereocenters. The van der Waals surface area contributed by atoms with Crippen LogP contribution in [0.1, 0.15) is 89.9 Å². The molecule has 2 saturated heterocycles. The monoisotopic (exact) mass is 478 g/mol. The Hall–Kier alpha value is -0.890. The Kier molecular flexibility index (Phi) is 7.34. The Balaban J connectivity index is 0.876. The normalized spacial score (nSPS) is 45.5. The Morgan fingerprint density at radius 1 is 0.559 bits per heavy atom. The largest absolute Gasteiger partial charge is 0.508 e. The third kappa shape index (κ3) is 6.26. The minimum atomic E-state index is -0.510. The molecule has 4 aliphatic carbocycles. The predicted octanol–water partition coefficient (Wildman–Crippen LogP) is 4.93. The van der Waals surface area contributed by atoms with Gasteiger partial charge in [-0.3, -0.25) is 0 Å². The Morgan fingerprint density at radius 2 is 1.03 bits per heavy atom. The van der Waals surface area contributed by atoms with Crippen LogP contribution < -0.4 is 0 Å². The Morgan fingerprint density at radius 3 is 1.50 bits per heavy atom. The van der Waals surface area contributed by atoms with Crippen molar-refractivity contribution in [2.75, 3.05) is 13.2 Å². The lowest BCUT2D eigenvalue weighted by Crippen LogP contribution is -2.35. The van der Waals surface area contributed by atoms with Crippen LogP contribution >= 0.6 is 0 Å². The van der Waals surface area contributed by atoms with Crippen molar-refractivity contribution >= 4 is 6.16 Å². The zero-order chi connectivity index (χ0) is 22.9. The average Bonchev–Trinajstić information content (AvgIpc) is 3.76. The first kappa shape index (κ1) is 23.5. The summed E-state index contributed by atoms with van der Waals surface area (Å²) in [5.41, 5.74) is 0. The maximum absolute atomic E-state index is 12.5. The van der Waals surface area contributed by atoms with Gasteiger partial charge in [0.1, 0.15) is 12.2 Å². The summed E-state index contributed by atoms with van der Waals surface area (Å²) in [6, 6.07) is 0. The molecule has 6 fully saturated rings. The van der Waals surface area contributed by atoms with Crippen LogP contribution in [0.3, 0.4) is 0 Å². The second-order valence-electron chi connectivity index (χ2n) is 11.8. The highest BCUT2D eigenvalue weighted by molar-refractivity contribution is 5.60. The number of hydrogen-bond donors (Lipinski definition) is 0. The first-order chi connectivity index (χ1) is 16.7. The lowest BCUT2D eigenvalue weighted by Gasteiger charge is -2.32. The molecule has 0 N–H and O–H groups in total. The van der Waals surface area contributed by atoms with Gasteiger partial charge in [0, 0.05) is 26.1 Å². The van der Waals surface area contributed by atoms with Crippen molar-refractivity contribution in [2.45, 2.75) is 139 Å². The zero-order valence-electron chi connectivity index (χ0n) is 20.4. The van der Waals surface area contributed by atoms with Crippen molar-refractivity contribution in [3.05, 3.63) is 0 Å². The van der Waals surface area contributed by atoms with Crippen LogP contribution in [-0.2, 0) is 28.4 Å². The van der Waals surface area contributed by atoms with E-state index < -0.39 is 6.16 Å². The maximum Gasteiger partial charge on any atom is 0.508 e. The molecule has 10 unspecified atom stereocenters. The number of rotatable bonds is 8. The van der Waals surface area contributed by atoms with Crippen molar-refractivity contribution in [2.24, 2.45) is 11.8 Å². The van der Waals surface area contributed by atoms with E-state index in [2.05, 4.69) is 0 Å². The van der Waals surface area contributed by atoms with Crippen LogP contribution in [0, 0.1) is 11.8 Å². The molecule has 192 valence electrons. The van der Waals surface area contributed by atoms with Crippen molar-refractivity contribution in [1.82, 2.24) is 0 Å². The summed E-state index contributed by atoms with van der Waals surface area (Å²) in [6.07, 6.45) is 16.4. The highest BCUT2D eigenvalue weighted by Crippen LogP contribution is 2.41. The molecule has 0 amide bonds. The molecule has 34 heavy (non-hydrogen) atoms. The lowest BCUT2D eigenvalue weighted by molar-refractivity contribution is -0.0725. The van der Waals surface area contributed by atoms with E-state index in [1.165, 1.54) is 25.7 Å². The third-order valence-corrected chi connectivity index (χ3v) is 9.04. The Bertz CT molecular complexity index is 644. The minimum absolute atomic E-state index is 0.0934. The first-order valence-electron chi connectivity index (χ1n) is 14.1. The summed E-state index contributed by atoms with van der Waals surface area (Å²) < 4.78 is 35.2. The van der Waals surface area contributed by atoms with E-state index in [4.69, 9.17) is 28.4 Å². The number of ether oxygens (including phenoxy) is 6. The smallest absolute Gasteiger partial charge is 0.431 e. The van der Waals surface area contributed by atoms with E-state index >= 15 is 0 Å². The summed E-state index contributed by atoms with van der Waals surface area (Å²) in [4.78, 5) is 12.5. The molecule has 7 heteroatoms. The molecule has 0 aromatic rings. The quantitative estimate of drug-likeness (QED) is 0.361. The molecule has 6 aliphatic rings. The second-order valence-corrected chi connectivity index (χ2v) is 11.8. The Labute approximate surface area is 203 Å². The highest BCUT2D eigenvalue weighted by atomic mass is 16.7. The van der Waals surface area contributed by atoms with Crippen LogP contribution in [0.2, 0.25) is 0 Å². The molecule has 2 aliphatic heterocycles. The van der Waals surface area contributed by atoms with E-state index in [9.17, 15) is 4.79 Å². The fourth-order valence-corrected chi connectivity index (χ4v) is 6.84. The van der Waals surface area contributed by atoms with Crippen LogP contribution in [0.15, 0.2) is 0 Å². The van der Waals surface area contributed by atoms with Gasteiger partial charge in [-0.25, -0.2) is 4.79 Å². The van der Waals surface area contributed by atoms with Gasteiger partial charge in [-0.1, -0.05) is 0 Å². The van der Waals surface area contributed by atoms with Crippen LogP contribution in [-0.4, -0.2) is 68.2 Å². The SMILES string of the molecule is O=C(OC1CCCC(OCC2CCC3OC3C2)C1)OC1CCCC(OCC2CCC3OC3C2)C1. The van der Waals surface area contributed by atoms with Crippen molar-refractivity contribution in [3.8, 4) is 0 Å². The number of epoxide rings is 2. The molecule has 0 radical (unpaired) electrons. The molecule has 0 aromatic heterocycles. The maximum atomic E-state index is 12.5. The number of carbonyl (C=O) groups is 1. The predicted molar refractivity (Wildman–Crippen MR) is 124 cm³/mol. The summed E-state index contributed by atoms with van der Waals surface area (Å²) >= 11 is 0. The molecule has 2 heterocycles. The molecular weight excluding hydrogens is 436 g/mol. The summed E-state index contributed by atoms with van der Waals surface area (Å²) in [5.74, 6) is 1.24. The minimum Gasteiger partial charge on any atom is -0.431 e. The molecular formula is C27H42O7. The van der Waals surface area contributed by atoms with Crippen molar-refractivity contribution in [1.29, 1.82) is 0 Å². The van der Waals surface area contributed by atoms with Gasteiger partial charge in [-0.05, 0) is 88.9 Å². The van der Waals surface area contributed by atoms with E-state index in [0.717, 1.165) is 77.4 Å². The highest BCUT2D eigenvalue weighted by Gasteiger charge is 2.45. The molecule has 0 bridgehead atoms. The molecule has 0 spiro atoms. The van der Waals surface area contributed by atoms with E-state index in [1.54, 1.807) is 0 Å². The first-order valence-corrected chi connectivity index (χ1v) is 14.1. The molecule has 7 nitrogen and oxygen atoms in total. The molecule has 4 saturated carbocycles. The standard InChI is InChI=1S/C27H42O7/c28-27(31-21-5-1-3-19(13-21)29-15-17-7-9-23-25(11-17)33-23)32-22-6-2-4-20(14-22)30-16-18-8-10-24-26(12-18)34-24/h17-26H,1-16H2. The molecule has 6 rings (SSSR count). The summed E-state index contributed by atoms with van der Waals surface area (Å²) in [7, 11) is 0. The van der Waals surface area contributed by atoms with Crippen LogP contribution in [0.5, 0.6) is 0 Å². The van der Waals surface area contributed by atoms with Crippen molar-refractivity contribution < 1.29 is 33.2 Å². The van der Waals surface area contributed by atoms with Gasteiger partial charge in [0.25, 0.3) is 0 Å². The van der Waals surface area contributed by atoms with E-state index in [-0.39, 0.29) is 24.4 Å². The van der Waals surface area contributed by atoms with Crippen molar-refractivity contribution in [3.63, 3.8) is 0 Å². The number of hydrogen-bond acceptors (Lipinski definition) is 7. The van der Waals surface area contributed by atoms with Gasteiger partial charge in [-0.2, -0.15) is 0 Å². The van der Waals surface area contributed by atoms with Gasteiger partial charge >= 0.3 is 6.16 Å². The average molecular weight is 479 g/mol. The fraction of sp³-hybridized carbons (Fsp3) is 0.963. The van der Waals surface area contributed by atoms with Gasteiger partial charge in [0.2, 0.25) is 0 Å². The van der Waals surface area contributed by atoms with Gasteiger partial charge < -0.3 is 28.4 Å². The summed E-state index contributed by atoms with van der Waals surface area (Å²) in [6.45, 7) is 1.62.